The average molecular weight is 636 g/mol. The molecule has 234 valence electrons. The minimum absolute atomic E-state index is 0.0438. The number of hydrogen-bond donors (Lipinski definition) is 3. The quantitative estimate of drug-likeness (QED) is 0.151. The van der Waals surface area contributed by atoms with Gasteiger partial charge in [0.1, 0.15) is 5.69 Å². The summed E-state index contributed by atoms with van der Waals surface area (Å²) in [6.45, 7) is 2.33. The molecule has 4 atom stereocenters. The smallest absolute Gasteiger partial charge is 0.336 e. The third kappa shape index (κ3) is 7.11. The van der Waals surface area contributed by atoms with Crippen LogP contribution in [0.4, 0.5) is 0 Å². The Kier molecular flexibility index (Phi) is 9.70. The number of rotatable bonds is 10. The zero-order valence-corrected chi connectivity index (χ0v) is 25.9. The summed E-state index contributed by atoms with van der Waals surface area (Å²) >= 11 is 1.45. The van der Waals surface area contributed by atoms with Crippen molar-refractivity contribution in [3.8, 4) is 0 Å². The first-order valence-electron chi connectivity index (χ1n) is 14.9. The van der Waals surface area contributed by atoms with E-state index in [1.165, 1.54) is 18.0 Å². The van der Waals surface area contributed by atoms with Crippen molar-refractivity contribution in [3.63, 3.8) is 0 Å². The lowest BCUT2D eigenvalue weighted by atomic mass is 9.91. The number of nitrogens with one attached hydrogen (secondary N) is 1. The molecule has 0 saturated carbocycles. The predicted molar refractivity (Wildman–Crippen MR) is 174 cm³/mol. The molecule has 1 fully saturated rings. The summed E-state index contributed by atoms with van der Waals surface area (Å²) in [4.78, 5) is 34.0. The van der Waals surface area contributed by atoms with Gasteiger partial charge < -0.3 is 25.0 Å². The molecule has 1 aliphatic heterocycles. The molecular formula is C36H33N3O6S. The van der Waals surface area contributed by atoms with Crippen LogP contribution in [0.25, 0.3) is 11.0 Å². The van der Waals surface area contributed by atoms with E-state index in [0.717, 1.165) is 27.8 Å². The van der Waals surface area contributed by atoms with Crippen LogP contribution in [-0.2, 0) is 22.6 Å². The molecule has 0 unspecified atom stereocenters. The number of aromatic carboxylic acids is 1. The lowest BCUT2D eigenvalue weighted by Crippen LogP contribution is -2.38. The highest BCUT2D eigenvalue weighted by molar-refractivity contribution is 7.99. The number of thioether (sulfide) groups is 1. The molecule has 4 aromatic carbocycles. The van der Waals surface area contributed by atoms with Gasteiger partial charge in [0.2, 0.25) is 0 Å². The van der Waals surface area contributed by atoms with Crippen molar-refractivity contribution in [1.82, 2.24) is 15.3 Å². The van der Waals surface area contributed by atoms with Crippen LogP contribution in [-0.4, -0.2) is 43.9 Å². The third-order valence-corrected chi connectivity index (χ3v) is 9.19. The minimum atomic E-state index is -0.967. The molecule has 1 aliphatic rings. The highest BCUT2D eigenvalue weighted by atomic mass is 32.2. The lowest BCUT2D eigenvalue weighted by molar-refractivity contribution is -0.268. The highest BCUT2D eigenvalue weighted by Crippen LogP contribution is 2.43. The molecule has 1 aromatic heterocycles. The second-order valence-electron chi connectivity index (χ2n) is 11.1. The van der Waals surface area contributed by atoms with Crippen molar-refractivity contribution in [2.24, 2.45) is 5.92 Å². The zero-order chi connectivity index (χ0) is 32.0. The molecule has 9 nitrogen and oxygen atoms in total. The van der Waals surface area contributed by atoms with Crippen molar-refractivity contribution >= 4 is 34.7 Å². The third-order valence-electron chi connectivity index (χ3n) is 8.03. The van der Waals surface area contributed by atoms with E-state index in [4.69, 9.17) is 9.47 Å². The van der Waals surface area contributed by atoms with E-state index >= 15 is 0 Å². The first-order chi connectivity index (χ1) is 22.4. The molecule has 3 N–H and O–H groups in total. The van der Waals surface area contributed by atoms with Crippen LogP contribution in [0.1, 0.15) is 62.4 Å². The molecule has 0 spiro atoms. The molecule has 5 aromatic rings. The summed E-state index contributed by atoms with van der Waals surface area (Å²) in [6, 6.07) is 29.7. The van der Waals surface area contributed by atoms with E-state index in [-0.39, 0.29) is 41.9 Å². The fourth-order valence-corrected chi connectivity index (χ4v) is 6.59. The number of fused-ring (bicyclic) bond motifs is 1. The summed E-state index contributed by atoms with van der Waals surface area (Å²) in [5, 5.41) is 22.1. The monoisotopic (exact) mass is 635 g/mol. The number of aliphatic hydroxyl groups is 1. The Bertz CT molecular complexity index is 1830. The van der Waals surface area contributed by atoms with Gasteiger partial charge in [0, 0.05) is 28.7 Å². The SMILES string of the molecule is C[C@H]1[C@@H](CSc2ccccc2C(=O)O)O[C@@H](c2ccc(CNC(=O)c3cnc4ccccc4n3)cc2)O[C@H]1c1ccc(CO)cc1. The molecule has 46 heavy (non-hydrogen) atoms. The van der Waals surface area contributed by atoms with Gasteiger partial charge in [-0.1, -0.05) is 79.7 Å². The average Bonchev–Trinajstić information content (AvgIpc) is 3.10. The molecule has 6 rings (SSSR count). The predicted octanol–water partition coefficient (Wildman–Crippen LogP) is 6.33. The van der Waals surface area contributed by atoms with Crippen LogP contribution < -0.4 is 5.32 Å². The van der Waals surface area contributed by atoms with Gasteiger partial charge in [-0.15, -0.1) is 11.8 Å². The first kappa shape index (κ1) is 31.4. The zero-order valence-electron chi connectivity index (χ0n) is 25.1. The number of para-hydroxylation sites is 2. The summed E-state index contributed by atoms with van der Waals surface area (Å²) in [5.74, 6) is -0.799. The topological polar surface area (TPSA) is 131 Å². The maximum atomic E-state index is 12.8. The Morgan fingerprint density at radius 3 is 2.26 bits per heavy atom. The standard InChI is InChI=1S/C36H33N3O6S/c1-22-31(21-46-32-9-5-2-6-27(32)35(42)43)44-36(45-33(22)25-14-12-24(20-40)13-15-25)26-16-10-23(11-17-26)18-38-34(41)30-19-37-28-7-3-4-8-29(28)39-30/h2-17,19,22,31,33,36,40H,18,20-21H2,1H3,(H,38,41)(H,42,43)/t22-,31+,33+,36+/m0/s1. The number of ether oxygens (including phenoxy) is 2. The lowest BCUT2D eigenvalue weighted by Gasteiger charge is -2.41. The summed E-state index contributed by atoms with van der Waals surface area (Å²) < 4.78 is 13.1. The summed E-state index contributed by atoms with van der Waals surface area (Å²) in [5.41, 5.74) is 5.39. The number of aliphatic hydroxyl groups excluding tert-OH is 1. The molecule has 10 heteroatoms. The fraction of sp³-hybridized carbons (Fsp3) is 0.222. The number of carbonyl (C=O) groups excluding carboxylic acids is 1. The second kappa shape index (κ2) is 14.2. The van der Waals surface area contributed by atoms with Gasteiger partial charge >= 0.3 is 5.97 Å². The van der Waals surface area contributed by atoms with Gasteiger partial charge in [0.15, 0.2) is 6.29 Å². The van der Waals surface area contributed by atoms with Crippen molar-refractivity contribution in [2.75, 3.05) is 5.75 Å². The van der Waals surface area contributed by atoms with Crippen LogP contribution in [0, 0.1) is 5.92 Å². The fourth-order valence-electron chi connectivity index (χ4n) is 5.38. The van der Waals surface area contributed by atoms with Crippen molar-refractivity contribution < 1.29 is 29.3 Å². The normalized spacial score (nSPS) is 19.5. The number of nitrogens with zero attached hydrogens (tertiary/aromatic N) is 2. The van der Waals surface area contributed by atoms with Crippen LogP contribution in [0.2, 0.25) is 0 Å². The van der Waals surface area contributed by atoms with Crippen molar-refractivity contribution in [1.29, 1.82) is 0 Å². The Morgan fingerprint density at radius 1 is 0.848 bits per heavy atom. The van der Waals surface area contributed by atoms with Gasteiger partial charge in [0.25, 0.3) is 5.91 Å². The maximum Gasteiger partial charge on any atom is 0.336 e. The highest BCUT2D eigenvalue weighted by Gasteiger charge is 2.38. The number of carbonyl (C=O) groups is 2. The van der Waals surface area contributed by atoms with Crippen LogP contribution in [0.5, 0.6) is 0 Å². The number of benzene rings is 4. The summed E-state index contributed by atoms with van der Waals surface area (Å²) in [7, 11) is 0. The van der Waals surface area contributed by atoms with E-state index in [2.05, 4.69) is 22.2 Å². The maximum absolute atomic E-state index is 12.8. The number of carboxylic acids is 1. The molecule has 1 saturated heterocycles. The molecule has 0 bridgehead atoms. The molecule has 0 radical (unpaired) electrons. The van der Waals surface area contributed by atoms with E-state index < -0.39 is 12.3 Å². The van der Waals surface area contributed by atoms with E-state index in [1.807, 2.05) is 84.9 Å². The van der Waals surface area contributed by atoms with Gasteiger partial charge in [-0.05, 0) is 41.0 Å². The number of aromatic nitrogens is 2. The van der Waals surface area contributed by atoms with Crippen LogP contribution in [0.15, 0.2) is 108 Å². The van der Waals surface area contributed by atoms with Gasteiger partial charge in [-0.3, -0.25) is 9.78 Å². The van der Waals surface area contributed by atoms with Gasteiger partial charge in [0.05, 0.1) is 41.6 Å². The van der Waals surface area contributed by atoms with Crippen LogP contribution in [0.3, 0.4) is 0 Å². The number of carboxylic acid groups (broad SMARTS) is 1. The van der Waals surface area contributed by atoms with Gasteiger partial charge in [-0.2, -0.15) is 0 Å². The van der Waals surface area contributed by atoms with E-state index in [1.54, 1.807) is 12.1 Å². The Labute approximate surface area is 270 Å². The molecule has 2 heterocycles. The van der Waals surface area contributed by atoms with Crippen molar-refractivity contribution in [3.05, 3.63) is 137 Å². The van der Waals surface area contributed by atoms with Crippen molar-refractivity contribution in [2.45, 2.75) is 43.5 Å². The first-order valence-corrected chi connectivity index (χ1v) is 15.9. The molecule has 1 amide bonds. The summed E-state index contributed by atoms with van der Waals surface area (Å²) in [6.07, 6.45) is 0.252. The molecule has 0 aliphatic carbocycles. The number of amides is 1. The van der Waals surface area contributed by atoms with E-state index in [9.17, 15) is 19.8 Å². The minimum Gasteiger partial charge on any atom is -0.478 e. The Hall–Kier alpha value is -4.61. The van der Waals surface area contributed by atoms with Gasteiger partial charge in [-0.25, -0.2) is 9.78 Å². The molecular weight excluding hydrogens is 602 g/mol. The van der Waals surface area contributed by atoms with Crippen LogP contribution >= 0.6 is 11.8 Å². The second-order valence-corrected chi connectivity index (χ2v) is 12.2. The Balaban J connectivity index is 1.17. The largest absolute Gasteiger partial charge is 0.478 e. The Morgan fingerprint density at radius 2 is 1.52 bits per heavy atom. The van der Waals surface area contributed by atoms with E-state index in [0.29, 0.717) is 22.7 Å². The number of hydrogen-bond acceptors (Lipinski definition) is 8.